The lowest BCUT2D eigenvalue weighted by Crippen LogP contribution is -2.47. The molecule has 9 aromatic rings. The van der Waals surface area contributed by atoms with Crippen LogP contribution in [0.25, 0.3) is 33.1 Å². The Labute approximate surface area is 574 Å². The van der Waals surface area contributed by atoms with Gasteiger partial charge in [-0.25, -0.2) is 19.7 Å². The molecule has 0 unspecified atom stereocenters. The zero-order valence-electron chi connectivity index (χ0n) is 52.7. The molecule has 9 heterocycles. The van der Waals surface area contributed by atoms with E-state index in [4.69, 9.17) is 79.6 Å². The van der Waals surface area contributed by atoms with Crippen molar-refractivity contribution in [3.8, 4) is 34.5 Å². The van der Waals surface area contributed by atoms with Gasteiger partial charge in [-0.3, -0.25) is 29.1 Å². The van der Waals surface area contributed by atoms with Crippen LogP contribution in [0.1, 0.15) is 74.9 Å². The molecule has 6 atom stereocenters. The number of carbonyl (C=O) groups is 4. The van der Waals surface area contributed by atoms with Crippen molar-refractivity contribution >= 4 is 103 Å². The number of nitrogens with one attached hydrogen (secondary N) is 6. The van der Waals surface area contributed by atoms with Crippen molar-refractivity contribution in [1.82, 2.24) is 60.6 Å². The number of aromatic nitrogens is 6. The van der Waals surface area contributed by atoms with Gasteiger partial charge in [0.05, 0.1) is 83.7 Å². The normalized spacial score (nSPS) is 20.1. The zero-order valence-corrected chi connectivity index (χ0v) is 55.7. The van der Waals surface area contributed by atoms with Crippen molar-refractivity contribution in [3.63, 3.8) is 0 Å². The number of hydrogen-bond donors (Lipinski definition) is 9. The average molecular weight is 1410 g/mol. The Morgan fingerprint density at radius 3 is 1.31 bits per heavy atom. The van der Waals surface area contributed by atoms with Crippen LogP contribution in [0.3, 0.4) is 0 Å². The number of ether oxygens (including phenoxy) is 7. The second kappa shape index (κ2) is 28.8. The van der Waals surface area contributed by atoms with Crippen LogP contribution in [-0.2, 0) is 58.4 Å². The van der Waals surface area contributed by atoms with E-state index in [0.717, 1.165) is 44.3 Å². The molecular weight excluding hydrogens is 1340 g/mol. The first-order valence-electron chi connectivity index (χ1n) is 31.3. The van der Waals surface area contributed by atoms with Gasteiger partial charge in [0, 0.05) is 77.6 Å². The van der Waals surface area contributed by atoms with Crippen LogP contribution in [0.5, 0.6) is 34.5 Å². The van der Waals surface area contributed by atoms with Crippen LogP contribution in [0.15, 0.2) is 84.9 Å². The Bertz CT molecular complexity index is 4490. The predicted molar refractivity (Wildman–Crippen MR) is 357 cm³/mol. The van der Waals surface area contributed by atoms with Gasteiger partial charge in [0.15, 0.2) is 34.5 Å². The van der Waals surface area contributed by atoms with Gasteiger partial charge in [0.2, 0.25) is 38.1 Å². The molecule has 15 rings (SSSR count). The van der Waals surface area contributed by atoms with Crippen molar-refractivity contribution in [2.24, 2.45) is 0 Å². The fraction of sp³-hybridized carbons (Fsp3) is 0.358. The number of likely N-dealkylation sites (tertiary alicyclic amines) is 3. The van der Waals surface area contributed by atoms with Crippen LogP contribution in [0, 0.1) is 13.8 Å². The number of methoxy groups -OCH3 is 1. The standard InChI is InChI=1S/C23H23ClN4O6.C23H25ClN4O4.C21H20Cl2N4O4/c1-32-23(31)12-2-3-15-16(6-12)27-20(26-15)9-25-22(30)21-17(29)4-5-28(21)10-13-7-18-19(8-14(13)24)34-11-33-18;1-12-3-4-16-21(13(12)2)27-20(26-16)9-25-23(30)22-17(29)5-6-28(22)10-14-7-18-19(8-15(14)24)32-11-31-18;22-12-1-2-14-15(6-12)26-19(25-14)8-24-21(29)20-16(28)3-4-27(20)9-11-5-17-18(7-13(11)23)31-10-30-17/h2-3,6-8,17,21,29H,4-5,9-11H2,1H3,(H,25,30)(H,26,27);3-4,7-8,17,22,29H,5-6,9-11H2,1-2H3,(H,25,30)(H,26,27);1-2,5-7,16,20,28H,3-4,8-10H2,(H,24,29)(H,25,26)/t17-,21-;17-,22-;16-,20-/m000/s1. The van der Waals surface area contributed by atoms with Crippen molar-refractivity contribution in [2.75, 3.05) is 47.1 Å². The van der Waals surface area contributed by atoms with E-state index >= 15 is 0 Å². The molecule has 30 heteroatoms. The fourth-order valence-electron chi connectivity index (χ4n) is 12.8. The second-order valence-electron chi connectivity index (χ2n) is 24.2. The Balaban J connectivity index is 0.000000131. The number of imidazole rings is 3. The van der Waals surface area contributed by atoms with E-state index in [0.29, 0.717) is 147 Å². The number of rotatable bonds is 16. The van der Waals surface area contributed by atoms with Gasteiger partial charge in [0.25, 0.3) is 0 Å². The summed E-state index contributed by atoms with van der Waals surface area (Å²) in [5, 5.41) is 42.3. The summed E-state index contributed by atoms with van der Waals surface area (Å²) in [6.45, 7) is 8.11. The van der Waals surface area contributed by atoms with Crippen LogP contribution < -0.4 is 44.4 Å². The number of carbonyl (C=O) groups excluding carboxylic acids is 4. The highest BCUT2D eigenvalue weighted by atomic mass is 35.5. The van der Waals surface area contributed by atoms with Crippen LogP contribution in [-0.4, -0.2) is 167 Å². The van der Waals surface area contributed by atoms with E-state index in [9.17, 15) is 34.5 Å². The second-order valence-corrected chi connectivity index (χ2v) is 25.9. The third kappa shape index (κ3) is 14.7. The minimum atomic E-state index is -0.800. The van der Waals surface area contributed by atoms with E-state index in [1.807, 2.05) is 58.9 Å². The summed E-state index contributed by atoms with van der Waals surface area (Å²) < 4.78 is 37.1. The summed E-state index contributed by atoms with van der Waals surface area (Å²) >= 11 is 25.2. The molecule has 3 fully saturated rings. The van der Waals surface area contributed by atoms with E-state index in [1.54, 1.807) is 54.6 Å². The van der Waals surface area contributed by atoms with E-state index in [2.05, 4.69) is 45.9 Å². The van der Waals surface area contributed by atoms with Gasteiger partial charge >= 0.3 is 5.97 Å². The number of aryl methyl sites for hydroxylation is 2. The molecule has 0 saturated carbocycles. The van der Waals surface area contributed by atoms with Crippen molar-refractivity contribution in [3.05, 3.63) is 156 Å². The minimum Gasteiger partial charge on any atom is -0.465 e. The third-order valence-corrected chi connectivity index (χ3v) is 19.2. The van der Waals surface area contributed by atoms with Gasteiger partial charge in [-0.15, -0.1) is 0 Å². The fourth-order valence-corrected chi connectivity index (χ4v) is 13.6. The van der Waals surface area contributed by atoms with Crippen LogP contribution in [0.4, 0.5) is 0 Å². The summed E-state index contributed by atoms with van der Waals surface area (Å²) in [5.74, 6) is 4.27. The predicted octanol–water partition coefficient (Wildman–Crippen LogP) is 7.65. The molecule has 97 heavy (non-hydrogen) atoms. The zero-order chi connectivity index (χ0) is 67.8. The summed E-state index contributed by atoms with van der Waals surface area (Å²) in [5.41, 5.74) is 9.87. The number of fused-ring (bicyclic) bond motifs is 6. The van der Waals surface area contributed by atoms with Crippen LogP contribution in [0.2, 0.25) is 20.1 Å². The minimum absolute atomic E-state index is 0.142. The maximum Gasteiger partial charge on any atom is 0.337 e. The molecule has 9 N–H and O–H groups in total. The van der Waals surface area contributed by atoms with E-state index < -0.39 is 42.4 Å². The van der Waals surface area contributed by atoms with Gasteiger partial charge in [-0.05, 0) is 122 Å². The Morgan fingerprint density at radius 2 is 0.887 bits per heavy atom. The summed E-state index contributed by atoms with van der Waals surface area (Å²) in [4.78, 5) is 79.5. The highest BCUT2D eigenvalue weighted by Crippen LogP contribution is 2.41. The van der Waals surface area contributed by atoms with Crippen molar-refractivity contribution < 1.29 is 67.7 Å². The van der Waals surface area contributed by atoms with Gasteiger partial charge in [-0.2, -0.15) is 0 Å². The monoisotopic (exact) mass is 1400 g/mol. The molecule has 3 saturated heterocycles. The average Bonchev–Trinajstić information content (AvgIpc) is 1.66. The van der Waals surface area contributed by atoms with Gasteiger partial charge in [-0.1, -0.05) is 52.5 Å². The number of hydrogen-bond acceptors (Lipinski definition) is 20. The molecule has 0 radical (unpaired) electrons. The molecule has 6 aromatic carbocycles. The van der Waals surface area contributed by atoms with E-state index in [1.165, 1.54) is 12.7 Å². The number of halogens is 4. The Morgan fingerprint density at radius 1 is 0.505 bits per heavy atom. The molecule has 508 valence electrons. The van der Waals surface area contributed by atoms with Gasteiger partial charge in [0.1, 0.15) is 35.6 Å². The number of nitrogens with zero attached hydrogens (tertiary/aromatic N) is 6. The Hall–Kier alpha value is -8.67. The quantitative estimate of drug-likeness (QED) is 0.0419. The topological polar surface area (TPSA) is 325 Å². The lowest BCUT2D eigenvalue weighted by atomic mass is 10.1. The number of amides is 3. The molecule has 6 aliphatic rings. The maximum absolute atomic E-state index is 13.0. The Kier molecular flexibility index (Phi) is 19.9. The summed E-state index contributed by atoms with van der Waals surface area (Å²) in [6, 6.07) is 22.9. The molecule has 0 bridgehead atoms. The molecule has 3 aromatic heterocycles. The first-order valence-corrected chi connectivity index (χ1v) is 32.8. The van der Waals surface area contributed by atoms with E-state index in [-0.39, 0.29) is 57.7 Å². The number of H-pyrrole nitrogens is 3. The number of aliphatic hydroxyl groups excluding tert-OH is 3. The first-order chi connectivity index (χ1) is 46.8. The van der Waals surface area contributed by atoms with Crippen LogP contribution >= 0.6 is 46.4 Å². The molecule has 0 spiro atoms. The molecule has 3 amide bonds. The maximum atomic E-state index is 13.0. The van der Waals surface area contributed by atoms with Crippen molar-refractivity contribution in [2.45, 2.75) is 109 Å². The first kappa shape index (κ1) is 66.9. The highest BCUT2D eigenvalue weighted by molar-refractivity contribution is 6.32. The smallest absolute Gasteiger partial charge is 0.337 e. The molecular formula is C67H68Cl4N12O14. The van der Waals surface area contributed by atoms with Gasteiger partial charge < -0.3 is 79.4 Å². The number of aliphatic hydroxyl groups is 3. The third-order valence-electron chi connectivity index (χ3n) is 17.9. The largest absolute Gasteiger partial charge is 0.465 e. The summed E-state index contributed by atoms with van der Waals surface area (Å²) in [6.07, 6.45) is -0.815. The lowest BCUT2D eigenvalue weighted by Gasteiger charge is -2.25. The lowest BCUT2D eigenvalue weighted by molar-refractivity contribution is -0.129. The highest BCUT2D eigenvalue weighted by Gasteiger charge is 2.41. The molecule has 0 aliphatic carbocycles. The number of benzene rings is 6. The van der Waals surface area contributed by atoms with Crippen molar-refractivity contribution in [1.29, 1.82) is 0 Å². The molecule has 6 aliphatic heterocycles. The SMILES string of the molecule is COC(=O)c1ccc2nc(CNC(=O)[C@@H]3[C@@H](O)CCN3Cc3cc4c(cc3Cl)OCO4)[nH]c2c1.Cc1ccc2[nH]c(CNC(=O)[C@@H]3[C@@H](O)CCN3Cc3cc4c(cc3Cl)OCO4)nc2c1C.O=C(NCc1nc2ccc(Cl)cc2[nH]1)[C@@H]1[C@@H](O)CCN1Cc1cc2c(cc1Cl)OCO2. The number of esters is 1. The number of aromatic amines is 3. The molecule has 26 nitrogen and oxygen atoms in total. The summed E-state index contributed by atoms with van der Waals surface area (Å²) in [7, 11) is 1.32.